The fourth-order valence-electron chi connectivity index (χ4n) is 4.04. The first-order chi connectivity index (χ1) is 20.5. The molecule has 7 nitrogen and oxygen atoms in total. The largest absolute Gasteiger partial charge is 0.465 e. The zero-order chi connectivity index (χ0) is 29.1. The topological polar surface area (TPSA) is 100 Å². The fraction of sp³-hybridized carbons (Fsp3) is 0.0294. The number of anilines is 2. The van der Waals surface area contributed by atoms with Crippen LogP contribution < -0.4 is 16.0 Å². The van der Waals surface area contributed by atoms with E-state index in [1.807, 2.05) is 78.9 Å². The van der Waals surface area contributed by atoms with Crippen LogP contribution in [-0.2, 0) is 9.59 Å². The smallest absolute Gasteiger partial charge is 0.272 e. The van der Waals surface area contributed by atoms with Crippen molar-refractivity contribution in [2.75, 3.05) is 10.6 Å². The van der Waals surface area contributed by atoms with Crippen molar-refractivity contribution >= 4 is 46.9 Å². The highest BCUT2D eigenvalue weighted by molar-refractivity contribution is 8.00. The minimum absolute atomic E-state index is 0.0268. The Bertz CT molecular complexity index is 1660. The first kappa shape index (κ1) is 28.2. The van der Waals surface area contributed by atoms with Crippen LogP contribution in [0.4, 0.5) is 11.4 Å². The Morgan fingerprint density at radius 3 is 1.93 bits per heavy atom. The molecule has 1 unspecified atom stereocenters. The lowest BCUT2D eigenvalue weighted by atomic mass is 10.1. The molecule has 0 aliphatic carbocycles. The van der Waals surface area contributed by atoms with E-state index in [2.05, 4.69) is 16.0 Å². The van der Waals surface area contributed by atoms with Crippen LogP contribution in [0.1, 0.15) is 26.9 Å². The van der Waals surface area contributed by atoms with E-state index in [0.29, 0.717) is 17.0 Å². The van der Waals surface area contributed by atoms with Gasteiger partial charge in [0.15, 0.2) is 0 Å². The third kappa shape index (κ3) is 7.65. The van der Waals surface area contributed by atoms with Gasteiger partial charge in [0, 0.05) is 27.9 Å². The summed E-state index contributed by atoms with van der Waals surface area (Å²) >= 11 is 1.41. The van der Waals surface area contributed by atoms with Gasteiger partial charge in [-0.3, -0.25) is 14.4 Å². The molecule has 4 aromatic carbocycles. The molecule has 0 aliphatic rings. The number of thioether (sulfide) groups is 1. The van der Waals surface area contributed by atoms with E-state index in [0.717, 1.165) is 16.1 Å². The number of nitrogens with one attached hydrogen (secondary N) is 3. The molecule has 0 aliphatic heterocycles. The quantitative estimate of drug-likeness (QED) is 0.122. The second-order valence-corrected chi connectivity index (χ2v) is 10.3. The lowest BCUT2D eigenvalue weighted by Gasteiger charge is -2.17. The second-order valence-electron chi connectivity index (χ2n) is 9.14. The first-order valence-corrected chi connectivity index (χ1v) is 14.0. The molecule has 0 spiro atoms. The molecule has 0 radical (unpaired) electrons. The van der Waals surface area contributed by atoms with E-state index >= 15 is 0 Å². The number of carbonyl (C=O) groups is 3. The van der Waals surface area contributed by atoms with Crippen LogP contribution in [0.25, 0.3) is 6.08 Å². The predicted octanol–water partition coefficient (Wildman–Crippen LogP) is 7.16. The molecule has 1 atom stereocenters. The molecular formula is C34H27N3O4S. The zero-order valence-electron chi connectivity index (χ0n) is 22.4. The van der Waals surface area contributed by atoms with E-state index in [1.165, 1.54) is 24.1 Å². The van der Waals surface area contributed by atoms with Gasteiger partial charge in [0.1, 0.15) is 16.7 Å². The number of hydrogen-bond acceptors (Lipinski definition) is 5. The van der Waals surface area contributed by atoms with E-state index in [4.69, 9.17) is 4.42 Å². The third-order valence-corrected chi connectivity index (χ3v) is 7.37. The lowest BCUT2D eigenvalue weighted by Crippen LogP contribution is -2.30. The summed E-state index contributed by atoms with van der Waals surface area (Å²) < 4.78 is 5.35. The van der Waals surface area contributed by atoms with Gasteiger partial charge >= 0.3 is 0 Å². The van der Waals surface area contributed by atoms with Crippen molar-refractivity contribution in [2.45, 2.75) is 10.1 Å². The Hall–Kier alpha value is -5.34. The van der Waals surface area contributed by atoms with Crippen molar-refractivity contribution in [3.05, 3.63) is 156 Å². The molecule has 3 amide bonds. The predicted molar refractivity (Wildman–Crippen MR) is 166 cm³/mol. The fourth-order valence-corrected chi connectivity index (χ4v) is 5.06. The molecule has 3 N–H and O–H groups in total. The van der Waals surface area contributed by atoms with Crippen molar-refractivity contribution in [3.8, 4) is 0 Å². The van der Waals surface area contributed by atoms with Crippen molar-refractivity contribution < 1.29 is 18.8 Å². The maximum atomic E-state index is 13.3. The van der Waals surface area contributed by atoms with E-state index in [-0.39, 0.29) is 11.6 Å². The Morgan fingerprint density at radius 1 is 0.667 bits per heavy atom. The van der Waals surface area contributed by atoms with Crippen LogP contribution in [-0.4, -0.2) is 17.7 Å². The van der Waals surface area contributed by atoms with E-state index in [1.54, 1.807) is 48.5 Å². The van der Waals surface area contributed by atoms with Crippen LogP contribution >= 0.6 is 11.8 Å². The Labute approximate surface area is 247 Å². The average Bonchev–Trinajstić information content (AvgIpc) is 3.55. The molecular weight excluding hydrogens is 546 g/mol. The Balaban J connectivity index is 1.30. The van der Waals surface area contributed by atoms with Crippen molar-refractivity contribution in [3.63, 3.8) is 0 Å². The van der Waals surface area contributed by atoms with E-state index < -0.39 is 17.1 Å². The van der Waals surface area contributed by atoms with Crippen LogP contribution in [0, 0.1) is 0 Å². The maximum Gasteiger partial charge on any atom is 0.272 e. The van der Waals surface area contributed by atoms with Crippen LogP contribution in [0.3, 0.4) is 0 Å². The molecule has 5 aromatic rings. The number of amides is 3. The highest BCUT2D eigenvalue weighted by atomic mass is 32.2. The number of carbonyl (C=O) groups excluding carboxylic acids is 3. The molecule has 42 heavy (non-hydrogen) atoms. The molecule has 0 fully saturated rings. The summed E-state index contributed by atoms with van der Waals surface area (Å²) in [7, 11) is 0. The van der Waals surface area contributed by atoms with Gasteiger partial charge in [-0.15, -0.1) is 11.8 Å². The summed E-state index contributed by atoms with van der Waals surface area (Å²) in [4.78, 5) is 40.1. The van der Waals surface area contributed by atoms with Gasteiger partial charge < -0.3 is 20.4 Å². The number of furan rings is 1. The molecule has 5 rings (SSSR count). The molecule has 0 bridgehead atoms. The molecule has 1 aromatic heterocycles. The van der Waals surface area contributed by atoms with Crippen molar-refractivity contribution in [1.82, 2.24) is 5.32 Å². The average molecular weight is 574 g/mol. The minimum Gasteiger partial charge on any atom is -0.465 e. The molecule has 8 heteroatoms. The van der Waals surface area contributed by atoms with Crippen molar-refractivity contribution in [2.24, 2.45) is 0 Å². The van der Waals surface area contributed by atoms with Gasteiger partial charge in [-0.1, -0.05) is 66.7 Å². The Kier molecular flexibility index (Phi) is 9.28. The van der Waals surface area contributed by atoms with Crippen LogP contribution in [0.5, 0.6) is 0 Å². The second kappa shape index (κ2) is 13.8. The van der Waals surface area contributed by atoms with Gasteiger partial charge in [0.25, 0.3) is 11.8 Å². The van der Waals surface area contributed by atoms with Crippen LogP contribution in [0.2, 0.25) is 0 Å². The van der Waals surface area contributed by atoms with E-state index in [9.17, 15) is 14.4 Å². The summed E-state index contributed by atoms with van der Waals surface area (Å²) in [5.74, 6) is -0.658. The van der Waals surface area contributed by atoms with Gasteiger partial charge in [-0.05, 0) is 66.2 Å². The summed E-state index contributed by atoms with van der Waals surface area (Å²) in [5, 5.41) is 8.00. The SMILES string of the molecule is O=C(Nc1ccc(SC(C(=O)Nc2ccccc2)c2ccccc2)cc1)/C(=C/c1ccco1)NC(=O)c1ccccc1. The molecule has 1 heterocycles. The van der Waals surface area contributed by atoms with Crippen LogP contribution in [0.15, 0.2) is 149 Å². The third-order valence-electron chi connectivity index (χ3n) is 6.11. The summed E-state index contributed by atoms with van der Waals surface area (Å²) in [6, 6.07) is 38.1. The van der Waals surface area contributed by atoms with Gasteiger partial charge in [-0.2, -0.15) is 0 Å². The first-order valence-electron chi connectivity index (χ1n) is 13.2. The monoisotopic (exact) mass is 573 g/mol. The van der Waals surface area contributed by atoms with Gasteiger partial charge in [0.05, 0.1) is 6.26 Å². The maximum absolute atomic E-state index is 13.3. The molecule has 208 valence electrons. The highest BCUT2D eigenvalue weighted by Gasteiger charge is 2.22. The molecule has 0 saturated heterocycles. The number of hydrogen-bond donors (Lipinski definition) is 3. The minimum atomic E-state index is -0.513. The Morgan fingerprint density at radius 2 is 1.29 bits per heavy atom. The van der Waals surface area contributed by atoms with Crippen molar-refractivity contribution in [1.29, 1.82) is 0 Å². The zero-order valence-corrected chi connectivity index (χ0v) is 23.2. The summed E-state index contributed by atoms with van der Waals surface area (Å²) in [5.41, 5.74) is 2.56. The lowest BCUT2D eigenvalue weighted by molar-refractivity contribution is -0.116. The number of rotatable bonds is 10. The van der Waals surface area contributed by atoms with Gasteiger partial charge in [-0.25, -0.2) is 0 Å². The normalized spacial score (nSPS) is 11.8. The van der Waals surface area contributed by atoms with Gasteiger partial charge in [0.2, 0.25) is 5.91 Å². The number of para-hydroxylation sites is 1. The summed E-state index contributed by atoms with van der Waals surface area (Å²) in [6.45, 7) is 0. The number of benzene rings is 4. The highest BCUT2D eigenvalue weighted by Crippen LogP contribution is 2.36. The summed E-state index contributed by atoms with van der Waals surface area (Å²) in [6.07, 6.45) is 2.95. The molecule has 0 saturated carbocycles. The standard InChI is InChI=1S/C34H27N3O4S/c38-32(25-13-6-2-7-14-25)37-30(23-28-17-10-22-41-28)33(39)35-27-18-20-29(21-19-27)42-31(24-11-4-1-5-12-24)34(40)36-26-15-8-3-9-16-26/h1-23,31H,(H,35,39)(H,36,40)(H,37,38)/b30-23-.